The molecule has 1 aromatic heterocycles. The maximum atomic E-state index is 11.6. The van der Waals surface area contributed by atoms with Crippen LogP contribution in [0.5, 0.6) is 0 Å². The summed E-state index contributed by atoms with van der Waals surface area (Å²) in [4.78, 5) is 4.49. The molecule has 0 amide bonds. The van der Waals surface area contributed by atoms with Crippen LogP contribution in [0, 0.1) is 0 Å². The smallest absolute Gasteiger partial charge is 0.214 e. The Morgan fingerprint density at radius 1 is 1.17 bits per heavy atom. The Balaban J connectivity index is 1.71. The molecule has 24 heavy (non-hydrogen) atoms. The predicted octanol–water partition coefficient (Wildman–Crippen LogP) is 4.01. The van der Waals surface area contributed by atoms with Crippen molar-refractivity contribution in [3.63, 3.8) is 0 Å². The first-order valence-corrected chi connectivity index (χ1v) is 9.43. The number of anilines is 1. The Labute approximate surface area is 145 Å². The van der Waals surface area contributed by atoms with Crippen molar-refractivity contribution in [2.45, 2.75) is 11.4 Å². The number of sulfone groups is 1. The van der Waals surface area contributed by atoms with Crippen LogP contribution in [0.2, 0.25) is 5.02 Å². The van der Waals surface area contributed by atoms with E-state index in [4.69, 9.17) is 16.0 Å². The molecule has 1 N–H and O–H groups in total. The Morgan fingerprint density at radius 2 is 1.92 bits per heavy atom. The molecular formula is C17H15ClN2O3S. The molecule has 3 rings (SSSR count). The Hall–Kier alpha value is -2.31. The fraction of sp³-hybridized carbons (Fsp3) is 0.118. The number of aromatic nitrogens is 1. The van der Waals surface area contributed by atoms with Gasteiger partial charge in [-0.1, -0.05) is 17.7 Å². The molecule has 0 aliphatic heterocycles. The lowest BCUT2D eigenvalue weighted by Crippen LogP contribution is -2.02. The molecule has 0 saturated heterocycles. The quantitative estimate of drug-likeness (QED) is 0.742. The van der Waals surface area contributed by atoms with E-state index in [1.807, 2.05) is 12.1 Å². The lowest BCUT2D eigenvalue weighted by Gasteiger charge is -2.05. The second-order valence-corrected chi connectivity index (χ2v) is 7.73. The van der Waals surface area contributed by atoms with E-state index in [1.54, 1.807) is 42.6 Å². The number of benzene rings is 2. The lowest BCUT2D eigenvalue weighted by molar-refractivity contribution is 0.516. The van der Waals surface area contributed by atoms with Crippen LogP contribution >= 0.6 is 11.6 Å². The summed E-state index contributed by atoms with van der Waals surface area (Å²) in [6.07, 6.45) is 2.83. The maximum Gasteiger partial charge on any atom is 0.214 e. The van der Waals surface area contributed by atoms with Crippen molar-refractivity contribution in [2.24, 2.45) is 0 Å². The first-order chi connectivity index (χ1) is 11.4. The summed E-state index contributed by atoms with van der Waals surface area (Å²) in [5.41, 5.74) is 1.57. The van der Waals surface area contributed by atoms with E-state index in [2.05, 4.69) is 10.3 Å². The molecule has 1 heterocycles. The second kappa shape index (κ2) is 6.67. The van der Waals surface area contributed by atoms with Crippen LogP contribution in [0.1, 0.15) is 5.89 Å². The third kappa shape index (κ3) is 3.96. The minimum Gasteiger partial charge on any atom is -0.439 e. The van der Waals surface area contributed by atoms with Crippen molar-refractivity contribution in [3.8, 4) is 11.3 Å². The zero-order valence-electron chi connectivity index (χ0n) is 12.9. The van der Waals surface area contributed by atoms with E-state index in [1.165, 1.54) is 6.26 Å². The van der Waals surface area contributed by atoms with Crippen LogP contribution in [0.15, 0.2) is 64.0 Å². The number of rotatable bonds is 5. The van der Waals surface area contributed by atoms with Gasteiger partial charge < -0.3 is 9.73 Å². The van der Waals surface area contributed by atoms with E-state index in [0.29, 0.717) is 28.9 Å². The molecule has 0 atom stereocenters. The van der Waals surface area contributed by atoms with Gasteiger partial charge in [0.15, 0.2) is 15.6 Å². The molecule has 5 nitrogen and oxygen atoms in total. The van der Waals surface area contributed by atoms with E-state index in [0.717, 1.165) is 5.56 Å². The average Bonchev–Trinajstić information content (AvgIpc) is 3.02. The van der Waals surface area contributed by atoms with Gasteiger partial charge in [-0.15, -0.1) is 0 Å². The van der Waals surface area contributed by atoms with Gasteiger partial charge in [-0.25, -0.2) is 13.4 Å². The molecular weight excluding hydrogens is 348 g/mol. The van der Waals surface area contributed by atoms with Gasteiger partial charge in [-0.2, -0.15) is 0 Å². The van der Waals surface area contributed by atoms with Crippen LogP contribution in [-0.2, 0) is 16.4 Å². The molecule has 0 aliphatic rings. The molecule has 3 aromatic rings. The second-order valence-electron chi connectivity index (χ2n) is 5.28. The minimum absolute atomic E-state index is 0.266. The van der Waals surface area contributed by atoms with Crippen LogP contribution in [0.3, 0.4) is 0 Å². The first kappa shape index (κ1) is 16.5. The zero-order chi connectivity index (χ0) is 17.2. The highest BCUT2D eigenvalue weighted by Crippen LogP contribution is 2.23. The number of oxazole rings is 1. The molecule has 0 saturated carbocycles. The molecule has 0 fully saturated rings. The molecule has 124 valence electrons. The molecule has 2 aromatic carbocycles. The summed E-state index contributed by atoms with van der Waals surface area (Å²) >= 11 is 5.87. The van der Waals surface area contributed by atoms with E-state index in [9.17, 15) is 8.42 Å². The van der Waals surface area contributed by atoms with Gasteiger partial charge >= 0.3 is 0 Å². The van der Waals surface area contributed by atoms with Crippen molar-refractivity contribution >= 4 is 27.1 Å². The SMILES string of the molecule is CS(=O)(=O)c1cccc(NCc2ncc(-c3ccc(Cl)cc3)o2)c1. The molecule has 7 heteroatoms. The molecule has 0 bridgehead atoms. The minimum atomic E-state index is -3.23. The topological polar surface area (TPSA) is 72.2 Å². The Kier molecular flexibility index (Phi) is 4.59. The van der Waals surface area contributed by atoms with Gasteiger partial charge in [0, 0.05) is 22.5 Å². The van der Waals surface area contributed by atoms with E-state index in [-0.39, 0.29) is 4.90 Å². The summed E-state index contributed by atoms with van der Waals surface area (Å²) in [5, 5.41) is 3.76. The summed E-state index contributed by atoms with van der Waals surface area (Å²) in [5.74, 6) is 1.15. The fourth-order valence-corrected chi connectivity index (χ4v) is 2.95. The molecule has 0 radical (unpaired) electrons. The number of nitrogens with zero attached hydrogens (tertiary/aromatic N) is 1. The molecule has 0 unspecified atom stereocenters. The van der Waals surface area contributed by atoms with Crippen LogP contribution in [0.25, 0.3) is 11.3 Å². The summed E-state index contributed by atoms with van der Waals surface area (Å²) < 4.78 is 28.8. The Morgan fingerprint density at radius 3 is 2.62 bits per heavy atom. The number of nitrogens with one attached hydrogen (secondary N) is 1. The van der Waals surface area contributed by atoms with Crippen molar-refractivity contribution in [2.75, 3.05) is 11.6 Å². The van der Waals surface area contributed by atoms with Gasteiger partial charge in [0.1, 0.15) is 0 Å². The first-order valence-electron chi connectivity index (χ1n) is 7.16. The van der Waals surface area contributed by atoms with Crippen molar-refractivity contribution in [1.82, 2.24) is 4.98 Å². The van der Waals surface area contributed by atoms with Crippen LogP contribution in [-0.4, -0.2) is 19.7 Å². The summed E-state index contributed by atoms with van der Waals surface area (Å²) in [7, 11) is -3.23. The van der Waals surface area contributed by atoms with Crippen molar-refractivity contribution in [3.05, 3.63) is 65.6 Å². The fourth-order valence-electron chi connectivity index (χ4n) is 2.15. The zero-order valence-corrected chi connectivity index (χ0v) is 14.4. The monoisotopic (exact) mass is 362 g/mol. The highest BCUT2D eigenvalue weighted by molar-refractivity contribution is 7.90. The normalized spacial score (nSPS) is 11.4. The molecule has 0 aliphatic carbocycles. The number of halogens is 1. The van der Waals surface area contributed by atoms with Crippen molar-refractivity contribution in [1.29, 1.82) is 0 Å². The van der Waals surface area contributed by atoms with E-state index < -0.39 is 9.84 Å². The molecule has 0 spiro atoms. The van der Waals surface area contributed by atoms with Crippen LogP contribution < -0.4 is 5.32 Å². The Bertz CT molecular complexity index is 950. The number of hydrogen-bond acceptors (Lipinski definition) is 5. The largest absolute Gasteiger partial charge is 0.439 e. The summed E-state index contributed by atoms with van der Waals surface area (Å²) in [6, 6.07) is 13.9. The number of hydrogen-bond donors (Lipinski definition) is 1. The predicted molar refractivity (Wildman–Crippen MR) is 93.8 cm³/mol. The highest BCUT2D eigenvalue weighted by Gasteiger charge is 2.09. The lowest BCUT2D eigenvalue weighted by atomic mass is 10.2. The van der Waals surface area contributed by atoms with Gasteiger partial charge in [0.2, 0.25) is 5.89 Å². The van der Waals surface area contributed by atoms with E-state index >= 15 is 0 Å². The highest BCUT2D eigenvalue weighted by atomic mass is 35.5. The average molecular weight is 363 g/mol. The van der Waals surface area contributed by atoms with Crippen molar-refractivity contribution < 1.29 is 12.8 Å². The van der Waals surface area contributed by atoms with Gasteiger partial charge in [-0.05, 0) is 42.5 Å². The third-order valence-electron chi connectivity index (χ3n) is 3.39. The van der Waals surface area contributed by atoms with Crippen LogP contribution in [0.4, 0.5) is 5.69 Å². The maximum absolute atomic E-state index is 11.6. The summed E-state index contributed by atoms with van der Waals surface area (Å²) in [6.45, 7) is 0.348. The van der Waals surface area contributed by atoms with Gasteiger partial charge in [-0.3, -0.25) is 0 Å². The standard InChI is InChI=1S/C17H15ClN2O3S/c1-24(21,22)15-4-2-3-14(9-15)19-11-17-20-10-16(23-17)12-5-7-13(18)8-6-12/h2-10,19H,11H2,1H3. The van der Waals surface area contributed by atoms with Gasteiger partial charge in [0.05, 0.1) is 17.6 Å². The van der Waals surface area contributed by atoms with Gasteiger partial charge in [0.25, 0.3) is 0 Å². The third-order valence-corrected chi connectivity index (χ3v) is 4.75.